The first-order chi connectivity index (χ1) is 27.0. The Labute approximate surface area is 334 Å². The lowest BCUT2D eigenvalue weighted by atomic mass is 10.0. The normalized spacial score (nSPS) is 17.2. The maximum Gasteiger partial charge on any atom is 0.263 e. The smallest absolute Gasteiger partial charge is 0.263 e. The molecule has 5 amide bonds. The Morgan fingerprint density at radius 3 is 2.52 bits per heavy atom. The van der Waals surface area contributed by atoms with E-state index in [4.69, 9.17) is 16.3 Å². The van der Waals surface area contributed by atoms with Gasteiger partial charge in [0.25, 0.3) is 11.8 Å². The summed E-state index contributed by atoms with van der Waals surface area (Å²) in [5.74, 6) is -0.954. The van der Waals surface area contributed by atoms with E-state index in [-0.39, 0.29) is 49.6 Å². The number of piperidine rings is 2. The fourth-order valence-electron chi connectivity index (χ4n) is 7.01. The highest BCUT2D eigenvalue weighted by Crippen LogP contribution is 2.36. The molecule has 4 N–H and O–H groups in total. The molecule has 56 heavy (non-hydrogen) atoms. The van der Waals surface area contributed by atoms with Crippen molar-refractivity contribution in [1.29, 1.82) is 0 Å². The average molecular weight is 815 g/mol. The molecule has 1 unspecified atom stereocenters. The van der Waals surface area contributed by atoms with Gasteiger partial charge in [-0.25, -0.2) is 4.98 Å². The second-order valence-corrected chi connectivity index (χ2v) is 17.4. The molecule has 14 nitrogen and oxygen atoms in total. The summed E-state index contributed by atoms with van der Waals surface area (Å²) in [5, 5.41) is 13.6. The predicted octanol–water partition coefficient (Wildman–Crippen LogP) is 5.27. The summed E-state index contributed by atoms with van der Waals surface area (Å²) in [5.41, 5.74) is 2.97. The predicted molar refractivity (Wildman–Crippen MR) is 219 cm³/mol. The molecule has 0 spiro atoms. The molecular weight excluding hydrogens is 775 g/mol. The number of thioether (sulfide) groups is 1. The third kappa shape index (κ3) is 8.30. The van der Waals surface area contributed by atoms with Crippen molar-refractivity contribution in [3.63, 3.8) is 0 Å². The number of imide groups is 2. The van der Waals surface area contributed by atoms with Gasteiger partial charge in [-0.1, -0.05) is 43.8 Å². The molecular formula is C39H40ClN8O6PS. The number of rotatable bonds is 12. The lowest BCUT2D eigenvalue weighted by Crippen LogP contribution is -2.54. The molecule has 3 aliphatic heterocycles. The third-order valence-electron chi connectivity index (χ3n) is 9.83. The summed E-state index contributed by atoms with van der Waals surface area (Å²) in [6.45, 7) is 5.81. The number of aromatic nitrogens is 2. The first-order valence-electron chi connectivity index (χ1n) is 18.0. The van der Waals surface area contributed by atoms with E-state index in [9.17, 15) is 24.0 Å². The maximum absolute atomic E-state index is 13.4. The van der Waals surface area contributed by atoms with Crippen LogP contribution in [0.1, 0.15) is 46.4 Å². The number of para-hydroxylation sites is 1. The molecule has 3 aliphatic rings. The number of nitrogens with one attached hydrogen (secondary N) is 4. The van der Waals surface area contributed by atoms with Gasteiger partial charge in [-0.15, -0.1) is 11.8 Å². The Morgan fingerprint density at radius 1 is 0.982 bits per heavy atom. The molecule has 3 aromatic carbocycles. The fourth-order valence-corrected chi connectivity index (χ4v) is 9.03. The van der Waals surface area contributed by atoms with Crippen LogP contribution < -0.4 is 36.2 Å². The number of fused-ring (bicyclic) bond motifs is 1. The van der Waals surface area contributed by atoms with Crippen LogP contribution in [0.4, 0.5) is 28.8 Å². The van der Waals surface area contributed by atoms with Crippen LogP contribution in [-0.4, -0.2) is 95.8 Å². The van der Waals surface area contributed by atoms with Gasteiger partial charge in [0.2, 0.25) is 23.7 Å². The van der Waals surface area contributed by atoms with Crippen molar-refractivity contribution in [2.45, 2.75) is 42.7 Å². The van der Waals surface area contributed by atoms with Gasteiger partial charge in [0.1, 0.15) is 16.8 Å². The van der Waals surface area contributed by atoms with Crippen molar-refractivity contribution in [3.05, 3.63) is 83.0 Å². The summed E-state index contributed by atoms with van der Waals surface area (Å²) >= 11 is 7.65. The van der Waals surface area contributed by atoms with Crippen molar-refractivity contribution in [3.8, 4) is 5.75 Å². The Balaban J connectivity index is 0.927. The molecule has 2 fully saturated rings. The van der Waals surface area contributed by atoms with Gasteiger partial charge in [-0.3, -0.25) is 34.2 Å². The number of methoxy groups -OCH3 is 1. The molecule has 0 saturated carbocycles. The molecule has 1 aromatic heterocycles. The SMILES string of the molecule is COc1cc(N2CCC(NC(=O)CSc3cccc4c3C(=O)N(C3CCC(=O)NC3=O)C4=O)CC2)ccc1Nc1ncc(Cl)c(Nc2ccccc2P(C)C)n1. The second-order valence-electron chi connectivity index (χ2n) is 13.7. The van der Waals surface area contributed by atoms with Crippen LogP contribution in [0.15, 0.2) is 71.8 Å². The number of hydrogen-bond donors (Lipinski definition) is 4. The van der Waals surface area contributed by atoms with Crippen molar-refractivity contribution in [1.82, 2.24) is 25.5 Å². The van der Waals surface area contributed by atoms with Gasteiger partial charge in [0, 0.05) is 47.9 Å². The molecule has 0 radical (unpaired) electrons. The molecule has 0 aliphatic carbocycles. The Bertz CT molecular complexity index is 2220. The van der Waals surface area contributed by atoms with Crippen molar-refractivity contribution in [2.24, 2.45) is 0 Å². The first kappa shape index (κ1) is 39.0. The van der Waals surface area contributed by atoms with Gasteiger partial charge in [0.05, 0.1) is 35.9 Å². The minimum Gasteiger partial charge on any atom is -0.494 e. The number of benzene rings is 3. The van der Waals surface area contributed by atoms with E-state index in [0.717, 1.165) is 29.1 Å². The Morgan fingerprint density at radius 2 is 1.77 bits per heavy atom. The quantitative estimate of drug-likeness (QED) is 0.0830. The van der Waals surface area contributed by atoms with E-state index in [0.29, 0.717) is 46.2 Å². The van der Waals surface area contributed by atoms with Gasteiger partial charge in [-0.05, 0) is 68.2 Å². The molecule has 7 rings (SSSR count). The molecule has 17 heteroatoms. The number of halogens is 1. The van der Waals surface area contributed by atoms with E-state index in [1.54, 1.807) is 25.4 Å². The van der Waals surface area contributed by atoms with Gasteiger partial charge >= 0.3 is 0 Å². The van der Waals surface area contributed by atoms with Gasteiger partial charge < -0.3 is 25.6 Å². The summed E-state index contributed by atoms with van der Waals surface area (Å²) < 4.78 is 5.75. The molecule has 1 atom stereocenters. The van der Waals surface area contributed by atoms with Crippen LogP contribution in [0.5, 0.6) is 5.75 Å². The van der Waals surface area contributed by atoms with Crippen LogP contribution in [0, 0.1) is 0 Å². The zero-order chi connectivity index (χ0) is 39.5. The zero-order valence-corrected chi connectivity index (χ0v) is 33.4. The number of anilines is 5. The molecule has 4 aromatic rings. The standard InChI is InChI=1S/C39H40ClN8O6PS/c1-54-29-19-23(11-12-26(29)44-39-41-20-25(40)35(46-39)43-27-8-4-5-9-30(27)55(2)3)47-17-15-22(16-18-47)42-33(50)21-56-31-10-6-7-24-34(31)38(53)48(37(24)52)28-13-14-32(49)45-36(28)51/h4-12,19-20,22,28H,13-18,21H2,1-3H3,(H,42,50)(H,45,49,51)(H2,41,43,44,46). The summed E-state index contributed by atoms with van der Waals surface area (Å²) in [6.07, 6.45) is 3.12. The van der Waals surface area contributed by atoms with E-state index < -0.39 is 29.7 Å². The number of ether oxygens (including phenoxy) is 1. The highest BCUT2D eigenvalue weighted by atomic mass is 35.5. The summed E-state index contributed by atoms with van der Waals surface area (Å²) in [7, 11) is 1.26. The second kappa shape index (κ2) is 16.9. The summed E-state index contributed by atoms with van der Waals surface area (Å²) in [4.78, 5) is 76.4. The largest absolute Gasteiger partial charge is 0.494 e. The maximum atomic E-state index is 13.4. The topological polar surface area (TPSA) is 175 Å². The lowest BCUT2D eigenvalue weighted by molar-refractivity contribution is -0.136. The van der Waals surface area contributed by atoms with E-state index >= 15 is 0 Å². The molecule has 290 valence electrons. The van der Waals surface area contributed by atoms with Crippen LogP contribution in [-0.2, 0) is 14.4 Å². The van der Waals surface area contributed by atoms with Crippen LogP contribution in [0.2, 0.25) is 5.02 Å². The van der Waals surface area contributed by atoms with E-state index in [1.165, 1.54) is 23.1 Å². The molecule has 2 saturated heterocycles. The number of amides is 5. The number of carbonyl (C=O) groups is 5. The number of hydrogen-bond acceptors (Lipinski definition) is 12. The number of carbonyl (C=O) groups excluding carboxylic acids is 5. The van der Waals surface area contributed by atoms with Crippen molar-refractivity contribution in [2.75, 3.05) is 54.8 Å². The Hall–Kier alpha value is -5.24. The average Bonchev–Trinajstić information content (AvgIpc) is 3.44. The van der Waals surface area contributed by atoms with Crippen molar-refractivity contribution < 1.29 is 28.7 Å². The first-order valence-corrected chi connectivity index (χ1v) is 21.6. The van der Waals surface area contributed by atoms with Gasteiger partial charge in [0.15, 0.2) is 5.82 Å². The molecule has 4 heterocycles. The van der Waals surface area contributed by atoms with Crippen LogP contribution >= 0.6 is 31.3 Å². The van der Waals surface area contributed by atoms with Crippen LogP contribution in [0.25, 0.3) is 0 Å². The molecule has 0 bridgehead atoms. The Kier molecular flexibility index (Phi) is 11.7. The zero-order valence-electron chi connectivity index (χ0n) is 30.9. The monoisotopic (exact) mass is 814 g/mol. The fraction of sp³-hybridized carbons (Fsp3) is 0.308. The highest BCUT2D eigenvalue weighted by Gasteiger charge is 2.45. The van der Waals surface area contributed by atoms with Gasteiger partial charge in [-0.2, -0.15) is 4.98 Å². The van der Waals surface area contributed by atoms with Crippen molar-refractivity contribution >= 4 is 95.0 Å². The number of nitrogens with zero attached hydrogens (tertiary/aromatic N) is 4. The highest BCUT2D eigenvalue weighted by molar-refractivity contribution is 8.00. The van der Waals surface area contributed by atoms with Crippen LogP contribution in [0.3, 0.4) is 0 Å². The summed E-state index contributed by atoms with van der Waals surface area (Å²) in [6, 6.07) is 17.8. The minimum atomic E-state index is -1.05. The third-order valence-corrected chi connectivity index (χ3v) is 12.5. The lowest BCUT2D eigenvalue weighted by Gasteiger charge is -2.34. The minimum absolute atomic E-state index is 0.0339. The van der Waals surface area contributed by atoms with E-state index in [1.807, 2.05) is 36.4 Å². The van der Waals surface area contributed by atoms with E-state index in [2.05, 4.69) is 55.5 Å².